The fourth-order valence-corrected chi connectivity index (χ4v) is 4.01. The van der Waals surface area contributed by atoms with Crippen LogP contribution in [-0.4, -0.2) is 44.8 Å². The number of hydrogen-bond donors (Lipinski definition) is 0. The van der Waals surface area contributed by atoms with Crippen molar-refractivity contribution in [2.75, 3.05) is 13.2 Å². The minimum Gasteiger partial charge on any atom is -0.449 e. The summed E-state index contributed by atoms with van der Waals surface area (Å²) in [5.74, 6) is -1.06. The zero-order valence-corrected chi connectivity index (χ0v) is 18.6. The van der Waals surface area contributed by atoms with Crippen molar-refractivity contribution < 1.29 is 32.5 Å². The number of fused-ring (bicyclic) bond motifs is 2. The number of rotatable bonds is 4. The first-order valence-corrected chi connectivity index (χ1v) is 10.7. The van der Waals surface area contributed by atoms with E-state index < -0.39 is 23.8 Å². The zero-order valence-electron chi connectivity index (χ0n) is 18.6. The molecule has 0 bridgehead atoms. The van der Waals surface area contributed by atoms with Crippen molar-refractivity contribution in [2.24, 2.45) is 0 Å². The van der Waals surface area contributed by atoms with Crippen molar-refractivity contribution in [1.82, 2.24) is 19.4 Å². The Morgan fingerprint density at radius 1 is 0.800 bits per heavy atom. The van der Waals surface area contributed by atoms with Crippen LogP contribution in [-0.2, 0) is 9.47 Å². The van der Waals surface area contributed by atoms with Gasteiger partial charge in [0.25, 0.3) is 0 Å². The summed E-state index contributed by atoms with van der Waals surface area (Å²) in [6.45, 7) is 3.62. The first-order valence-electron chi connectivity index (χ1n) is 10.7. The van der Waals surface area contributed by atoms with Crippen LogP contribution >= 0.6 is 0 Å². The van der Waals surface area contributed by atoms with E-state index in [1.807, 2.05) is 0 Å². The van der Waals surface area contributed by atoms with Gasteiger partial charge in [-0.1, -0.05) is 0 Å². The maximum Gasteiger partial charge on any atom is 0.418 e. The molecule has 0 aliphatic rings. The summed E-state index contributed by atoms with van der Waals surface area (Å²) in [7, 11) is 0. The molecule has 0 saturated heterocycles. The lowest BCUT2D eigenvalue weighted by Crippen LogP contribution is -2.12. The van der Waals surface area contributed by atoms with Crippen molar-refractivity contribution >= 4 is 34.0 Å². The number of nitrogens with zero attached hydrogens (tertiary/aromatic N) is 4. The van der Waals surface area contributed by atoms with E-state index in [0.717, 1.165) is 0 Å². The van der Waals surface area contributed by atoms with Crippen molar-refractivity contribution in [3.05, 3.63) is 60.4 Å². The normalized spacial score (nSPS) is 11.3. The molecule has 3 heterocycles. The van der Waals surface area contributed by atoms with E-state index in [1.54, 1.807) is 13.8 Å². The van der Waals surface area contributed by atoms with Gasteiger partial charge in [0.15, 0.2) is 0 Å². The fourth-order valence-electron chi connectivity index (χ4n) is 4.01. The molecular weight excluding hydrogens is 462 g/mol. The van der Waals surface area contributed by atoms with Gasteiger partial charge >= 0.3 is 12.2 Å². The number of carbonyl (C=O) groups is 2. The van der Waals surface area contributed by atoms with Gasteiger partial charge in [0.2, 0.25) is 0 Å². The predicted octanol–water partition coefficient (Wildman–Crippen LogP) is 5.60. The van der Waals surface area contributed by atoms with E-state index in [9.17, 15) is 18.4 Å². The first kappa shape index (κ1) is 22.3. The molecule has 0 radical (unpaired) electrons. The summed E-state index contributed by atoms with van der Waals surface area (Å²) >= 11 is 0. The van der Waals surface area contributed by atoms with Crippen LogP contribution in [0.1, 0.15) is 13.8 Å². The van der Waals surface area contributed by atoms with Crippen molar-refractivity contribution in [3.63, 3.8) is 0 Å². The van der Waals surface area contributed by atoms with Gasteiger partial charge in [-0.15, -0.1) is 0 Å². The van der Waals surface area contributed by atoms with Crippen LogP contribution in [0.15, 0.2) is 53.4 Å². The molecule has 178 valence electrons. The molecule has 0 unspecified atom stereocenters. The standard InChI is InChI=1S/C24H18F2N4O5/c1-3-33-23(31)29-11-17(15-9-13(25)5-7-19(15)29)21-22(28-35-27-21)18-12-30(24(32)34-4-2)20-8-6-14(26)10-16(18)20/h5-12H,3-4H2,1-2H3. The predicted molar refractivity (Wildman–Crippen MR) is 121 cm³/mol. The molecule has 0 fully saturated rings. The van der Waals surface area contributed by atoms with Crippen LogP contribution in [0.25, 0.3) is 44.3 Å². The van der Waals surface area contributed by atoms with E-state index in [-0.39, 0.29) is 24.6 Å². The minimum absolute atomic E-state index is 0.144. The topological polar surface area (TPSA) is 101 Å². The lowest BCUT2D eigenvalue weighted by atomic mass is 10.0. The highest BCUT2D eigenvalue weighted by atomic mass is 19.1. The summed E-state index contributed by atoms with van der Waals surface area (Å²) in [6.07, 6.45) is 1.57. The highest BCUT2D eigenvalue weighted by molar-refractivity contribution is 6.06. The van der Waals surface area contributed by atoms with Gasteiger partial charge in [-0.05, 0) is 60.6 Å². The van der Waals surface area contributed by atoms with E-state index in [2.05, 4.69) is 10.3 Å². The number of halogens is 2. The molecule has 0 saturated carbocycles. The smallest absolute Gasteiger partial charge is 0.418 e. The van der Waals surface area contributed by atoms with Gasteiger partial charge in [0.1, 0.15) is 23.0 Å². The number of ether oxygens (including phenoxy) is 2. The molecule has 2 aromatic carbocycles. The molecule has 0 N–H and O–H groups in total. The Hall–Kier alpha value is -4.54. The molecule has 5 aromatic rings. The Morgan fingerprint density at radius 2 is 1.23 bits per heavy atom. The summed E-state index contributed by atoms with van der Waals surface area (Å²) in [6, 6.07) is 7.83. The highest BCUT2D eigenvalue weighted by Crippen LogP contribution is 2.39. The van der Waals surface area contributed by atoms with Gasteiger partial charge in [0.05, 0.1) is 24.2 Å². The lowest BCUT2D eigenvalue weighted by molar-refractivity contribution is 0.154. The second-order valence-electron chi connectivity index (χ2n) is 7.51. The number of hydrogen-bond acceptors (Lipinski definition) is 7. The molecule has 3 aromatic heterocycles. The molecule has 0 aliphatic heterocycles. The molecule has 0 spiro atoms. The van der Waals surface area contributed by atoms with Crippen molar-refractivity contribution in [1.29, 1.82) is 0 Å². The average Bonchev–Trinajstić information content (AvgIpc) is 3.53. The summed E-state index contributed by atoms with van der Waals surface area (Å²) in [4.78, 5) is 25.0. The second-order valence-corrected chi connectivity index (χ2v) is 7.51. The maximum atomic E-state index is 14.2. The van der Waals surface area contributed by atoms with Gasteiger partial charge in [-0.2, -0.15) is 0 Å². The number of carbonyl (C=O) groups excluding carboxylic acids is 2. The van der Waals surface area contributed by atoms with E-state index in [1.165, 1.54) is 57.9 Å². The zero-order chi connectivity index (χ0) is 24.7. The van der Waals surface area contributed by atoms with Gasteiger partial charge in [0, 0.05) is 34.3 Å². The molecule has 0 aliphatic carbocycles. The highest BCUT2D eigenvalue weighted by Gasteiger charge is 2.26. The molecule has 35 heavy (non-hydrogen) atoms. The molecule has 5 rings (SSSR count). The second kappa shape index (κ2) is 8.67. The van der Waals surface area contributed by atoms with Crippen molar-refractivity contribution in [3.8, 4) is 22.5 Å². The number of benzene rings is 2. The van der Waals surface area contributed by atoms with E-state index in [4.69, 9.17) is 14.1 Å². The third-order valence-corrected chi connectivity index (χ3v) is 5.46. The molecule has 9 nitrogen and oxygen atoms in total. The summed E-state index contributed by atoms with van der Waals surface area (Å²) in [5, 5.41) is 8.69. The lowest BCUT2D eigenvalue weighted by Gasteiger charge is -2.03. The van der Waals surface area contributed by atoms with E-state index in [0.29, 0.717) is 32.9 Å². The average molecular weight is 480 g/mol. The molecule has 0 atom stereocenters. The molecular formula is C24H18F2N4O5. The molecule has 11 heteroatoms. The third kappa shape index (κ3) is 3.70. The molecule has 0 amide bonds. The Balaban J connectivity index is 1.75. The first-order chi connectivity index (χ1) is 16.9. The Labute approximate surface area is 196 Å². The third-order valence-electron chi connectivity index (χ3n) is 5.46. The van der Waals surface area contributed by atoms with Crippen LogP contribution in [0.2, 0.25) is 0 Å². The van der Waals surface area contributed by atoms with Crippen molar-refractivity contribution in [2.45, 2.75) is 13.8 Å². The Morgan fingerprint density at radius 3 is 1.63 bits per heavy atom. The largest absolute Gasteiger partial charge is 0.449 e. The number of aromatic nitrogens is 4. The van der Waals surface area contributed by atoms with Crippen LogP contribution in [0, 0.1) is 11.6 Å². The maximum absolute atomic E-state index is 14.2. The van der Waals surface area contributed by atoms with Gasteiger partial charge in [-0.25, -0.2) is 23.0 Å². The summed E-state index contributed by atoms with van der Waals surface area (Å²) in [5.41, 5.74) is 1.75. The monoisotopic (exact) mass is 480 g/mol. The van der Waals surface area contributed by atoms with Crippen LogP contribution in [0.3, 0.4) is 0 Å². The van der Waals surface area contributed by atoms with Gasteiger partial charge in [-0.3, -0.25) is 9.13 Å². The van der Waals surface area contributed by atoms with Crippen LogP contribution in [0.5, 0.6) is 0 Å². The SMILES string of the molecule is CCOC(=O)n1cc(-c2nonc2-c2cn(C(=O)OCC)c3ccc(F)cc23)c2cc(F)ccc21. The Kier molecular flexibility index (Phi) is 5.51. The minimum atomic E-state index is -0.658. The van der Waals surface area contributed by atoms with Gasteiger partial charge < -0.3 is 9.47 Å². The van der Waals surface area contributed by atoms with Crippen LogP contribution < -0.4 is 0 Å². The Bertz CT molecular complexity index is 1480. The fraction of sp³-hybridized carbons (Fsp3) is 0.167. The quantitative estimate of drug-likeness (QED) is 0.330. The summed E-state index contributed by atoms with van der Waals surface area (Å²) < 4.78 is 46.0. The van der Waals surface area contributed by atoms with E-state index >= 15 is 0 Å². The van der Waals surface area contributed by atoms with Crippen LogP contribution in [0.4, 0.5) is 18.4 Å².